The molecule has 1 N–H and O–H groups in total. The molecule has 0 bridgehead atoms. The summed E-state index contributed by atoms with van der Waals surface area (Å²) in [4.78, 5) is 19.7. The number of hydrogen-bond donors (Lipinski definition) is 1. The molecule has 140 valence electrons. The van der Waals surface area contributed by atoms with E-state index in [0.29, 0.717) is 15.8 Å². The predicted octanol–water partition coefficient (Wildman–Crippen LogP) is 5.23. The SMILES string of the molecule is Cc1cc(Br)ccc1N=C1NC(=O)/C(=C/c2ccc(N3CCCCC3)o2)S1. The van der Waals surface area contributed by atoms with E-state index in [2.05, 4.69) is 31.1 Å². The molecule has 3 heterocycles. The molecular formula is C20H20BrN3O2S. The highest BCUT2D eigenvalue weighted by Crippen LogP contribution is 2.31. The Morgan fingerprint density at radius 2 is 2.04 bits per heavy atom. The molecule has 2 fully saturated rings. The van der Waals surface area contributed by atoms with Gasteiger partial charge in [-0.3, -0.25) is 4.79 Å². The average molecular weight is 446 g/mol. The van der Waals surface area contributed by atoms with Crippen molar-refractivity contribution >= 4 is 56.4 Å². The number of hydrogen-bond acceptors (Lipinski definition) is 5. The van der Waals surface area contributed by atoms with E-state index in [1.807, 2.05) is 37.3 Å². The normalized spacial score (nSPS) is 20.5. The molecule has 0 saturated carbocycles. The first kappa shape index (κ1) is 18.4. The number of aryl methyl sites for hydroxylation is 1. The van der Waals surface area contributed by atoms with Crippen molar-refractivity contribution in [2.75, 3.05) is 18.0 Å². The summed E-state index contributed by atoms with van der Waals surface area (Å²) in [6.45, 7) is 4.05. The van der Waals surface area contributed by atoms with E-state index in [0.717, 1.165) is 34.7 Å². The molecule has 0 radical (unpaired) electrons. The Balaban J connectivity index is 1.50. The molecule has 2 aliphatic rings. The summed E-state index contributed by atoms with van der Waals surface area (Å²) in [6.07, 6.45) is 5.46. The number of carbonyl (C=O) groups is 1. The maximum Gasteiger partial charge on any atom is 0.264 e. The first-order valence-corrected chi connectivity index (χ1v) is 10.6. The van der Waals surface area contributed by atoms with Crippen LogP contribution < -0.4 is 10.2 Å². The molecule has 2 aliphatic heterocycles. The Morgan fingerprint density at radius 3 is 2.81 bits per heavy atom. The van der Waals surface area contributed by atoms with E-state index < -0.39 is 0 Å². The first-order chi connectivity index (χ1) is 13.1. The van der Waals surface area contributed by atoms with Crippen LogP contribution >= 0.6 is 27.7 Å². The van der Waals surface area contributed by atoms with Crippen LogP contribution in [0.4, 0.5) is 11.6 Å². The second-order valence-corrected chi connectivity index (χ2v) is 8.58. The minimum Gasteiger partial charge on any atom is -0.441 e. The van der Waals surface area contributed by atoms with Crippen molar-refractivity contribution in [3.05, 3.63) is 51.0 Å². The molecule has 0 spiro atoms. The number of carbonyl (C=O) groups excluding carboxylic acids is 1. The van der Waals surface area contributed by atoms with Crippen LogP contribution in [0, 0.1) is 6.92 Å². The number of halogens is 1. The van der Waals surface area contributed by atoms with Crippen LogP contribution in [0.15, 0.2) is 49.1 Å². The van der Waals surface area contributed by atoms with E-state index in [1.54, 1.807) is 6.08 Å². The van der Waals surface area contributed by atoms with E-state index in [-0.39, 0.29) is 5.91 Å². The van der Waals surface area contributed by atoms with Crippen molar-refractivity contribution in [2.45, 2.75) is 26.2 Å². The number of nitrogens with one attached hydrogen (secondary N) is 1. The van der Waals surface area contributed by atoms with Gasteiger partial charge in [-0.2, -0.15) is 0 Å². The summed E-state index contributed by atoms with van der Waals surface area (Å²) in [5, 5.41) is 3.41. The zero-order valence-corrected chi connectivity index (χ0v) is 17.4. The lowest BCUT2D eigenvalue weighted by Crippen LogP contribution is -2.28. The second kappa shape index (κ2) is 7.94. The van der Waals surface area contributed by atoms with Gasteiger partial charge in [0, 0.05) is 29.7 Å². The van der Waals surface area contributed by atoms with Gasteiger partial charge in [0.1, 0.15) is 5.76 Å². The lowest BCUT2D eigenvalue weighted by molar-refractivity contribution is -0.115. The largest absolute Gasteiger partial charge is 0.441 e. The molecule has 4 rings (SSSR count). The van der Waals surface area contributed by atoms with E-state index in [9.17, 15) is 4.79 Å². The summed E-state index contributed by atoms with van der Waals surface area (Å²) in [5.41, 5.74) is 1.88. The van der Waals surface area contributed by atoms with Crippen molar-refractivity contribution in [3.8, 4) is 0 Å². The number of benzene rings is 1. The standard InChI is InChI=1S/C20H20BrN3O2S/c1-13-11-14(21)5-7-16(13)22-20-23-19(25)17(27-20)12-15-6-8-18(26-15)24-9-3-2-4-10-24/h5-8,11-12H,2-4,9-10H2,1H3,(H,22,23,25)/b17-12-. The third-order valence-corrected chi connectivity index (χ3v) is 5.99. The summed E-state index contributed by atoms with van der Waals surface area (Å²) < 4.78 is 6.94. The molecular weight excluding hydrogens is 426 g/mol. The minimum atomic E-state index is -0.149. The Kier molecular flexibility index (Phi) is 5.41. The number of piperidine rings is 1. The van der Waals surface area contributed by atoms with Gasteiger partial charge in [0.05, 0.1) is 10.6 Å². The van der Waals surface area contributed by atoms with Gasteiger partial charge < -0.3 is 14.6 Å². The zero-order valence-electron chi connectivity index (χ0n) is 15.0. The van der Waals surface area contributed by atoms with Crippen molar-refractivity contribution in [3.63, 3.8) is 0 Å². The number of thioether (sulfide) groups is 1. The molecule has 27 heavy (non-hydrogen) atoms. The van der Waals surface area contributed by atoms with Crippen molar-refractivity contribution in [1.29, 1.82) is 0 Å². The predicted molar refractivity (Wildman–Crippen MR) is 114 cm³/mol. The van der Waals surface area contributed by atoms with Crippen molar-refractivity contribution in [1.82, 2.24) is 5.32 Å². The van der Waals surface area contributed by atoms with Crippen molar-refractivity contribution in [2.24, 2.45) is 4.99 Å². The first-order valence-electron chi connectivity index (χ1n) is 8.99. The number of rotatable bonds is 3. The quantitative estimate of drug-likeness (QED) is 0.656. The number of aliphatic imine (C=N–C) groups is 1. The van der Waals surface area contributed by atoms with Crippen LogP contribution in [-0.4, -0.2) is 24.2 Å². The van der Waals surface area contributed by atoms with Crippen molar-refractivity contribution < 1.29 is 9.21 Å². The van der Waals surface area contributed by atoms with Crippen LogP contribution in [0.1, 0.15) is 30.6 Å². The van der Waals surface area contributed by atoms with Gasteiger partial charge in [-0.1, -0.05) is 15.9 Å². The van der Waals surface area contributed by atoms with Gasteiger partial charge in [0.25, 0.3) is 5.91 Å². The molecule has 5 nitrogen and oxygen atoms in total. The van der Waals surface area contributed by atoms with Gasteiger partial charge >= 0.3 is 0 Å². The molecule has 1 amide bonds. The summed E-state index contributed by atoms with van der Waals surface area (Å²) in [6, 6.07) is 9.77. The highest BCUT2D eigenvalue weighted by molar-refractivity contribution is 9.10. The number of furan rings is 1. The molecule has 0 atom stereocenters. The fraction of sp³-hybridized carbons (Fsp3) is 0.300. The van der Waals surface area contributed by atoms with Crippen LogP contribution in [0.2, 0.25) is 0 Å². The third kappa shape index (κ3) is 4.30. The van der Waals surface area contributed by atoms with Crippen LogP contribution in [-0.2, 0) is 4.79 Å². The maximum atomic E-state index is 12.3. The summed E-state index contributed by atoms with van der Waals surface area (Å²) in [5.74, 6) is 1.42. The minimum absolute atomic E-state index is 0.149. The van der Waals surface area contributed by atoms with E-state index in [1.165, 1.54) is 31.0 Å². The van der Waals surface area contributed by atoms with E-state index >= 15 is 0 Å². The smallest absolute Gasteiger partial charge is 0.264 e. The second-order valence-electron chi connectivity index (χ2n) is 6.64. The number of amides is 1. The van der Waals surface area contributed by atoms with Crippen LogP contribution in [0.3, 0.4) is 0 Å². The Labute approximate surface area is 171 Å². The topological polar surface area (TPSA) is 57.8 Å². The molecule has 0 aliphatic carbocycles. The molecule has 1 aromatic carbocycles. The van der Waals surface area contributed by atoms with Gasteiger partial charge in [0.15, 0.2) is 11.1 Å². The zero-order chi connectivity index (χ0) is 18.8. The number of nitrogens with zero attached hydrogens (tertiary/aromatic N) is 2. The van der Waals surface area contributed by atoms with E-state index in [4.69, 9.17) is 4.42 Å². The van der Waals surface area contributed by atoms with Crippen LogP contribution in [0.25, 0.3) is 6.08 Å². The Hall–Kier alpha value is -1.99. The molecule has 2 saturated heterocycles. The Bertz CT molecular complexity index is 929. The number of anilines is 1. The molecule has 7 heteroatoms. The Morgan fingerprint density at radius 1 is 1.22 bits per heavy atom. The van der Waals surface area contributed by atoms with Gasteiger partial charge in [-0.15, -0.1) is 0 Å². The fourth-order valence-electron chi connectivity index (χ4n) is 3.17. The molecule has 0 unspecified atom stereocenters. The van der Waals surface area contributed by atoms with Crippen LogP contribution in [0.5, 0.6) is 0 Å². The maximum absolute atomic E-state index is 12.3. The molecule has 2 aromatic rings. The van der Waals surface area contributed by atoms with Gasteiger partial charge in [0.2, 0.25) is 0 Å². The summed E-state index contributed by atoms with van der Waals surface area (Å²) in [7, 11) is 0. The monoisotopic (exact) mass is 445 g/mol. The summed E-state index contributed by atoms with van der Waals surface area (Å²) >= 11 is 4.78. The highest BCUT2D eigenvalue weighted by Gasteiger charge is 2.25. The van der Waals surface area contributed by atoms with Gasteiger partial charge in [-0.05, 0) is 67.8 Å². The lowest BCUT2D eigenvalue weighted by atomic mass is 10.1. The van der Waals surface area contributed by atoms with Gasteiger partial charge in [-0.25, -0.2) is 4.99 Å². The fourth-order valence-corrected chi connectivity index (χ4v) is 4.46. The highest BCUT2D eigenvalue weighted by atomic mass is 79.9. The molecule has 1 aromatic heterocycles. The third-order valence-electron chi connectivity index (χ3n) is 4.59. The average Bonchev–Trinajstić information content (AvgIpc) is 3.26. The number of amidine groups is 1. The lowest BCUT2D eigenvalue weighted by Gasteiger charge is -2.25.